The first-order valence-electron chi connectivity index (χ1n) is 10.1. The largest absolute Gasteiger partial charge is 0.383 e. The van der Waals surface area contributed by atoms with E-state index in [0.29, 0.717) is 42.3 Å². The number of ether oxygens (including phenoxy) is 1. The first kappa shape index (κ1) is 20.6. The number of nitrogens with zero attached hydrogens (tertiary/aromatic N) is 3. The monoisotopic (exact) mass is 423 g/mol. The van der Waals surface area contributed by atoms with Crippen LogP contribution in [-0.2, 0) is 29.0 Å². The predicted octanol–water partition coefficient (Wildman–Crippen LogP) is 3.11. The second-order valence-corrected chi connectivity index (χ2v) is 8.71. The molecule has 0 saturated heterocycles. The average Bonchev–Trinajstić information content (AvgIpc) is 2.78. The predicted molar refractivity (Wildman–Crippen MR) is 119 cm³/mol. The number of methoxy groups -OCH3 is 1. The third-order valence-electron chi connectivity index (χ3n) is 5.42. The lowest BCUT2D eigenvalue weighted by Crippen LogP contribution is -2.40. The lowest BCUT2D eigenvalue weighted by atomic mass is 10.00. The molecule has 0 radical (unpaired) electrons. The van der Waals surface area contributed by atoms with Crippen molar-refractivity contribution in [1.29, 1.82) is 0 Å². The molecule has 0 saturated carbocycles. The molecule has 0 N–H and O–H groups in total. The normalized spacial score (nSPS) is 14.5. The van der Waals surface area contributed by atoms with Crippen molar-refractivity contribution in [1.82, 2.24) is 14.5 Å². The Morgan fingerprint density at radius 1 is 1.17 bits per heavy atom. The number of aromatic nitrogens is 2. The van der Waals surface area contributed by atoms with Gasteiger partial charge in [0, 0.05) is 20.2 Å². The summed E-state index contributed by atoms with van der Waals surface area (Å²) in [6.45, 7) is 4.02. The maximum absolute atomic E-state index is 13.2. The molecule has 0 spiro atoms. The summed E-state index contributed by atoms with van der Waals surface area (Å²) >= 11 is 1.34. The molecule has 3 aromatic rings. The smallest absolute Gasteiger partial charge is 0.262 e. The molecule has 1 amide bonds. The van der Waals surface area contributed by atoms with E-state index in [-0.39, 0.29) is 16.7 Å². The molecule has 0 bridgehead atoms. The molecule has 1 aromatic heterocycles. The summed E-state index contributed by atoms with van der Waals surface area (Å²) in [5.74, 6) is 0.0650. The fraction of sp³-hybridized carbons (Fsp3) is 0.348. The minimum Gasteiger partial charge on any atom is -0.383 e. The van der Waals surface area contributed by atoms with Gasteiger partial charge in [-0.2, -0.15) is 0 Å². The molecule has 2 aromatic carbocycles. The van der Waals surface area contributed by atoms with E-state index in [0.717, 1.165) is 6.42 Å². The van der Waals surface area contributed by atoms with Gasteiger partial charge in [0.1, 0.15) is 0 Å². The third kappa shape index (κ3) is 4.13. The molecule has 0 fully saturated rings. The van der Waals surface area contributed by atoms with Gasteiger partial charge in [-0.05, 0) is 36.6 Å². The van der Waals surface area contributed by atoms with Crippen LogP contribution < -0.4 is 5.56 Å². The molecule has 0 unspecified atom stereocenters. The summed E-state index contributed by atoms with van der Waals surface area (Å²) < 4.78 is 6.79. The van der Waals surface area contributed by atoms with Gasteiger partial charge < -0.3 is 9.64 Å². The van der Waals surface area contributed by atoms with Crippen LogP contribution in [0, 0.1) is 0 Å². The highest BCUT2D eigenvalue weighted by atomic mass is 32.2. The average molecular weight is 424 g/mol. The second-order valence-electron chi connectivity index (χ2n) is 7.40. The molecular formula is C23H25N3O3S. The molecule has 1 aliphatic rings. The number of rotatable bonds is 6. The number of carbonyl (C=O) groups excluding carboxylic acids is 1. The molecular weight excluding hydrogens is 398 g/mol. The van der Waals surface area contributed by atoms with Crippen molar-refractivity contribution < 1.29 is 9.53 Å². The number of carbonyl (C=O) groups is 1. The zero-order valence-electron chi connectivity index (χ0n) is 17.2. The van der Waals surface area contributed by atoms with Gasteiger partial charge in [0.05, 0.1) is 29.3 Å². The topological polar surface area (TPSA) is 64.4 Å². The zero-order valence-corrected chi connectivity index (χ0v) is 18.0. The highest BCUT2D eigenvalue weighted by molar-refractivity contribution is 8.00. The number of hydrogen-bond donors (Lipinski definition) is 0. The quantitative estimate of drug-likeness (QED) is 0.450. The lowest BCUT2D eigenvalue weighted by Gasteiger charge is -2.30. The van der Waals surface area contributed by atoms with E-state index in [1.165, 1.54) is 22.9 Å². The molecule has 4 rings (SSSR count). The van der Waals surface area contributed by atoms with E-state index in [1.807, 2.05) is 42.2 Å². The molecule has 1 aliphatic heterocycles. The van der Waals surface area contributed by atoms with E-state index < -0.39 is 0 Å². The van der Waals surface area contributed by atoms with Crippen LogP contribution in [0.3, 0.4) is 0 Å². The Balaban J connectivity index is 1.58. The number of amides is 1. The fourth-order valence-electron chi connectivity index (χ4n) is 3.77. The Bertz CT molecular complexity index is 1130. The van der Waals surface area contributed by atoms with E-state index in [9.17, 15) is 9.59 Å². The van der Waals surface area contributed by atoms with Crippen LogP contribution in [0.25, 0.3) is 10.9 Å². The number of fused-ring (bicyclic) bond motifs is 2. The highest BCUT2D eigenvalue weighted by Gasteiger charge is 2.26. The van der Waals surface area contributed by atoms with Gasteiger partial charge in [-0.1, -0.05) is 48.2 Å². The van der Waals surface area contributed by atoms with Crippen molar-refractivity contribution in [3.8, 4) is 0 Å². The lowest BCUT2D eigenvalue weighted by molar-refractivity contribution is -0.131. The van der Waals surface area contributed by atoms with Crippen molar-refractivity contribution in [3.63, 3.8) is 0 Å². The van der Waals surface area contributed by atoms with Crippen molar-refractivity contribution in [2.45, 2.75) is 36.8 Å². The van der Waals surface area contributed by atoms with Gasteiger partial charge in [0.15, 0.2) is 5.16 Å². The SMILES string of the molecule is COCCn1c(S[C@H](C)C(=O)N2CCc3ccccc3C2)nc2ccccc2c1=O. The van der Waals surface area contributed by atoms with Crippen LogP contribution in [0.2, 0.25) is 0 Å². The maximum atomic E-state index is 13.2. The van der Waals surface area contributed by atoms with E-state index in [1.54, 1.807) is 17.7 Å². The van der Waals surface area contributed by atoms with Crippen LogP contribution in [0.1, 0.15) is 18.1 Å². The summed E-state index contributed by atoms with van der Waals surface area (Å²) in [4.78, 5) is 32.7. The van der Waals surface area contributed by atoms with E-state index in [2.05, 4.69) is 12.1 Å². The molecule has 2 heterocycles. The van der Waals surface area contributed by atoms with E-state index >= 15 is 0 Å². The minimum atomic E-state index is -0.350. The Morgan fingerprint density at radius 2 is 1.90 bits per heavy atom. The molecule has 0 aliphatic carbocycles. The molecule has 156 valence electrons. The summed E-state index contributed by atoms with van der Waals surface area (Å²) in [5.41, 5.74) is 3.05. The summed E-state index contributed by atoms with van der Waals surface area (Å²) in [5, 5.41) is 0.774. The Labute approximate surface area is 179 Å². The first-order valence-corrected chi connectivity index (χ1v) is 11.0. The van der Waals surface area contributed by atoms with Crippen molar-refractivity contribution in [3.05, 3.63) is 70.0 Å². The molecule has 1 atom stereocenters. The number of hydrogen-bond acceptors (Lipinski definition) is 5. The van der Waals surface area contributed by atoms with Crippen LogP contribution in [0.15, 0.2) is 58.5 Å². The first-order chi connectivity index (χ1) is 14.6. The van der Waals surface area contributed by atoms with Crippen LogP contribution in [0.5, 0.6) is 0 Å². The van der Waals surface area contributed by atoms with Crippen LogP contribution in [0.4, 0.5) is 0 Å². The van der Waals surface area contributed by atoms with E-state index in [4.69, 9.17) is 9.72 Å². The molecule has 6 nitrogen and oxygen atoms in total. The number of para-hydroxylation sites is 1. The standard InChI is InChI=1S/C23H25N3O3S/c1-16(21(27)25-12-11-17-7-3-4-8-18(17)15-25)30-23-24-20-10-6-5-9-19(20)22(28)26(23)13-14-29-2/h3-10,16H,11-15H2,1-2H3/t16-/m1/s1. The Kier molecular flexibility index (Phi) is 6.20. The maximum Gasteiger partial charge on any atom is 0.262 e. The molecule has 7 heteroatoms. The van der Waals surface area contributed by atoms with Gasteiger partial charge in [-0.3, -0.25) is 14.2 Å². The Morgan fingerprint density at radius 3 is 2.70 bits per heavy atom. The second kappa shape index (κ2) is 9.02. The number of benzene rings is 2. The zero-order chi connectivity index (χ0) is 21.1. The summed E-state index contributed by atoms with van der Waals surface area (Å²) in [7, 11) is 1.60. The van der Waals surface area contributed by atoms with Crippen molar-refractivity contribution >= 4 is 28.6 Å². The van der Waals surface area contributed by atoms with Crippen LogP contribution in [-0.4, -0.2) is 45.9 Å². The van der Waals surface area contributed by atoms with Crippen LogP contribution >= 0.6 is 11.8 Å². The third-order valence-corrected chi connectivity index (χ3v) is 6.50. The van der Waals surface area contributed by atoms with Gasteiger partial charge in [-0.15, -0.1) is 0 Å². The molecule has 30 heavy (non-hydrogen) atoms. The van der Waals surface area contributed by atoms with Gasteiger partial charge in [0.25, 0.3) is 5.56 Å². The summed E-state index contributed by atoms with van der Waals surface area (Å²) in [6, 6.07) is 15.6. The van der Waals surface area contributed by atoms with Gasteiger partial charge in [0.2, 0.25) is 5.91 Å². The fourth-order valence-corrected chi connectivity index (χ4v) is 4.79. The Hall–Kier alpha value is -2.64. The van der Waals surface area contributed by atoms with Gasteiger partial charge in [-0.25, -0.2) is 4.98 Å². The summed E-state index contributed by atoms with van der Waals surface area (Å²) in [6.07, 6.45) is 0.867. The minimum absolute atomic E-state index is 0.0650. The van der Waals surface area contributed by atoms with Crippen molar-refractivity contribution in [2.24, 2.45) is 0 Å². The van der Waals surface area contributed by atoms with Crippen molar-refractivity contribution in [2.75, 3.05) is 20.3 Å². The van der Waals surface area contributed by atoms with Gasteiger partial charge >= 0.3 is 0 Å². The highest BCUT2D eigenvalue weighted by Crippen LogP contribution is 2.26. The number of thioether (sulfide) groups is 1.